The second kappa shape index (κ2) is 10.0. The molecule has 156 valence electrons. The Labute approximate surface area is 168 Å². The number of nitro groups is 1. The number of halogens is 3. The van der Waals surface area contributed by atoms with E-state index in [-0.39, 0.29) is 23.8 Å². The lowest BCUT2D eigenvalue weighted by Crippen LogP contribution is -2.29. The summed E-state index contributed by atoms with van der Waals surface area (Å²) in [4.78, 5) is 22.0. The highest BCUT2D eigenvalue weighted by Gasteiger charge is 2.33. The number of alkyl halides is 3. The van der Waals surface area contributed by atoms with Gasteiger partial charge in [-0.05, 0) is 24.3 Å². The standard InChI is InChI=1S/C18H17F3N2O5S/c1-27-14-4-2-3-5-15(14)28-9-8-22-17(24)11-29-16-7-6-12(18(19,20)21)10-13(16)23(25)26/h2-7,10H,8-9,11H2,1H3,(H,22,24). The Morgan fingerprint density at radius 3 is 2.52 bits per heavy atom. The molecule has 0 unspecified atom stereocenters. The third-order valence-corrected chi connectivity index (χ3v) is 4.66. The number of methoxy groups -OCH3 is 1. The number of ether oxygens (including phenoxy) is 2. The van der Waals surface area contributed by atoms with E-state index in [0.29, 0.717) is 17.6 Å². The fraction of sp³-hybridized carbons (Fsp3) is 0.278. The number of nitrogens with zero attached hydrogens (tertiary/aromatic N) is 1. The van der Waals surface area contributed by atoms with Gasteiger partial charge in [0, 0.05) is 6.07 Å². The van der Waals surface area contributed by atoms with Crippen molar-refractivity contribution in [2.24, 2.45) is 0 Å². The molecule has 0 fully saturated rings. The summed E-state index contributed by atoms with van der Waals surface area (Å²) in [6.07, 6.45) is -4.69. The summed E-state index contributed by atoms with van der Waals surface area (Å²) >= 11 is 0.781. The average Bonchev–Trinajstić information content (AvgIpc) is 2.69. The summed E-state index contributed by atoms with van der Waals surface area (Å²) in [5.41, 5.74) is -1.82. The van der Waals surface area contributed by atoms with Crippen LogP contribution in [0.25, 0.3) is 0 Å². The van der Waals surface area contributed by atoms with E-state index in [0.717, 1.165) is 23.9 Å². The molecule has 2 rings (SSSR count). The molecule has 0 radical (unpaired) electrons. The maximum atomic E-state index is 12.7. The zero-order valence-electron chi connectivity index (χ0n) is 15.2. The number of benzene rings is 2. The van der Waals surface area contributed by atoms with Gasteiger partial charge in [-0.25, -0.2) is 0 Å². The number of rotatable bonds is 9. The van der Waals surface area contributed by atoms with E-state index in [9.17, 15) is 28.1 Å². The van der Waals surface area contributed by atoms with Crippen molar-refractivity contribution in [1.29, 1.82) is 0 Å². The largest absolute Gasteiger partial charge is 0.493 e. The molecule has 2 aromatic rings. The van der Waals surface area contributed by atoms with Crippen molar-refractivity contribution in [2.75, 3.05) is 26.0 Å². The Kier molecular flexibility index (Phi) is 7.71. The lowest BCUT2D eigenvalue weighted by Gasteiger charge is -2.11. The SMILES string of the molecule is COc1ccccc1OCCNC(=O)CSc1ccc(C(F)(F)F)cc1[N+](=O)[O-]. The number of nitro benzene ring substituents is 1. The highest BCUT2D eigenvalue weighted by Crippen LogP contribution is 2.36. The van der Waals surface area contributed by atoms with Crippen molar-refractivity contribution in [1.82, 2.24) is 5.32 Å². The highest BCUT2D eigenvalue weighted by molar-refractivity contribution is 8.00. The monoisotopic (exact) mass is 430 g/mol. The summed E-state index contributed by atoms with van der Waals surface area (Å²) in [5.74, 6) is 0.428. The van der Waals surface area contributed by atoms with Crippen LogP contribution in [-0.4, -0.2) is 36.8 Å². The van der Waals surface area contributed by atoms with Crippen LogP contribution in [0.4, 0.5) is 18.9 Å². The molecule has 11 heteroatoms. The normalized spacial score (nSPS) is 11.0. The van der Waals surface area contributed by atoms with Crippen molar-refractivity contribution in [3.8, 4) is 11.5 Å². The first-order valence-electron chi connectivity index (χ1n) is 8.23. The molecular formula is C18H17F3N2O5S. The van der Waals surface area contributed by atoms with E-state index < -0.39 is 28.3 Å². The molecule has 0 saturated carbocycles. The molecule has 0 aliphatic carbocycles. The number of hydrogen-bond donors (Lipinski definition) is 1. The predicted octanol–water partition coefficient (Wildman–Crippen LogP) is 3.91. The minimum atomic E-state index is -4.69. The first-order valence-corrected chi connectivity index (χ1v) is 9.22. The van der Waals surface area contributed by atoms with Crippen LogP contribution in [0, 0.1) is 10.1 Å². The molecular weight excluding hydrogens is 413 g/mol. The van der Waals surface area contributed by atoms with E-state index in [1.54, 1.807) is 24.3 Å². The average molecular weight is 430 g/mol. The maximum absolute atomic E-state index is 12.7. The Morgan fingerprint density at radius 2 is 1.90 bits per heavy atom. The van der Waals surface area contributed by atoms with Crippen LogP contribution in [0.5, 0.6) is 11.5 Å². The van der Waals surface area contributed by atoms with Crippen molar-refractivity contribution in [3.05, 3.63) is 58.1 Å². The molecule has 1 amide bonds. The summed E-state index contributed by atoms with van der Waals surface area (Å²) in [6, 6.07) is 9.18. The number of nitrogens with one attached hydrogen (secondary N) is 1. The van der Waals surface area contributed by atoms with Crippen molar-refractivity contribution >= 4 is 23.4 Å². The van der Waals surface area contributed by atoms with Gasteiger partial charge in [-0.15, -0.1) is 11.8 Å². The van der Waals surface area contributed by atoms with Crippen LogP contribution in [0.2, 0.25) is 0 Å². The molecule has 0 bridgehead atoms. The third-order valence-electron chi connectivity index (χ3n) is 3.59. The first-order chi connectivity index (χ1) is 13.7. The molecule has 0 spiro atoms. The van der Waals surface area contributed by atoms with Gasteiger partial charge in [-0.3, -0.25) is 14.9 Å². The van der Waals surface area contributed by atoms with Gasteiger partial charge in [0.25, 0.3) is 5.69 Å². The Bertz CT molecular complexity index is 877. The van der Waals surface area contributed by atoms with Crippen LogP contribution in [0.15, 0.2) is 47.4 Å². The molecule has 1 N–H and O–H groups in total. The Morgan fingerprint density at radius 1 is 1.21 bits per heavy atom. The lowest BCUT2D eigenvalue weighted by molar-refractivity contribution is -0.388. The molecule has 2 aromatic carbocycles. The molecule has 0 heterocycles. The summed E-state index contributed by atoms with van der Waals surface area (Å²) in [5, 5.41) is 13.6. The summed E-state index contributed by atoms with van der Waals surface area (Å²) in [6.45, 7) is 0.337. The zero-order chi connectivity index (χ0) is 21.4. The third kappa shape index (κ3) is 6.56. The number of thioether (sulfide) groups is 1. The first kappa shape index (κ1) is 22.3. The molecule has 0 aromatic heterocycles. The molecule has 0 saturated heterocycles. The summed E-state index contributed by atoms with van der Waals surface area (Å²) < 4.78 is 48.7. The molecule has 7 nitrogen and oxygen atoms in total. The fourth-order valence-electron chi connectivity index (χ4n) is 2.24. The number of carbonyl (C=O) groups is 1. The van der Waals surface area contributed by atoms with Crippen LogP contribution >= 0.6 is 11.8 Å². The van der Waals surface area contributed by atoms with Gasteiger partial charge < -0.3 is 14.8 Å². The minimum absolute atomic E-state index is 0.0246. The number of para-hydroxylation sites is 2. The van der Waals surface area contributed by atoms with Crippen molar-refractivity contribution in [3.63, 3.8) is 0 Å². The predicted molar refractivity (Wildman–Crippen MR) is 100 cm³/mol. The van der Waals surface area contributed by atoms with Gasteiger partial charge in [0.1, 0.15) is 6.61 Å². The molecule has 0 atom stereocenters. The van der Waals surface area contributed by atoms with Crippen molar-refractivity contribution in [2.45, 2.75) is 11.1 Å². The van der Waals surface area contributed by atoms with E-state index in [1.807, 2.05) is 0 Å². The van der Waals surface area contributed by atoms with Gasteiger partial charge in [0.05, 0.1) is 34.8 Å². The van der Waals surface area contributed by atoms with Crippen LogP contribution in [-0.2, 0) is 11.0 Å². The second-order valence-electron chi connectivity index (χ2n) is 5.58. The van der Waals surface area contributed by atoms with Crippen LogP contribution in [0.3, 0.4) is 0 Å². The van der Waals surface area contributed by atoms with E-state index >= 15 is 0 Å². The Hall–Kier alpha value is -2.95. The quantitative estimate of drug-likeness (QED) is 0.281. The number of carbonyl (C=O) groups excluding carboxylic acids is 1. The van der Waals surface area contributed by atoms with Gasteiger partial charge in [0.2, 0.25) is 5.91 Å². The zero-order valence-corrected chi connectivity index (χ0v) is 16.0. The summed E-state index contributed by atoms with van der Waals surface area (Å²) in [7, 11) is 1.50. The number of hydrogen-bond acceptors (Lipinski definition) is 6. The smallest absolute Gasteiger partial charge is 0.416 e. The molecule has 0 aliphatic rings. The fourth-order valence-corrected chi connectivity index (χ4v) is 3.08. The van der Waals surface area contributed by atoms with E-state index in [2.05, 4.69) is 5.32 Å². The van der Waals surface area contributed by atoms with Gasteiger partial charge in [-0.1, -0.05) is 12.1 Å². The topological polar surface area (TPSA) is 90.7 Å². The molecule has 29 heavy (non-hydrogen) atoms. The molecule has 0 aliphatic heterocycles. The highest BCUT2D eigenvalue weighted by atomic mass is 32.2. The van der Waals surface area contributed by atoms with Crippen LogP contribution < -0.4 is 14.8 Å². The second-order valence-corrected chi connectivity index (χ2v) is 6.59. The minimum Gasteiger partial charge on any atom is -0.493 e. The van der Waals surface area contributed by atoms with E-state index in [1.165, 1.54) is 7.11 Å². The number of amides is 1. The van der Waals surface area contributed by atoms with Crippen LogP contribution in [0.1, 0.15) is 5.56 Å². The maximum Gasteiger partial charge on any atom is 0.416 e. The lowest BCUT2D eigenvalue weighted by atomic mass is 10.2. The Balaban J connectivity index is 1.85. The van der Waals surface area contributed by atoms with Gasteiger partial charge in [-0.2, -0.15) is 13.2 Å². The van der Waals surface area contributed by atoms with E-state index in [4.69, 9.17) is 9.47 Å². The van der Waals surface area contributed by atoms with Gasteiger partial charge >= 0.3 is 6.18 Å². The van der Waals surface area contributed by atoms with Gasteiger partial charge in [0.15, 0.2) is 11.5 Å². The van der Waals surface area contributed by atoms with Crippen molar-refractivity contribution < 1.29 is 32.4 Å².